The summed E-state index contributed by atoms with van der Waals surface area (Å²) < 4.78 is 13.1. The van der Waals surface area contributed by atoms with Crippen LogP contribution in [0.5, 0.6) is 0 Å². The minimum atomic E-state index is -0.659. The van der Waals surface area contributed by atoms with E-state index in [-0.39, 0.29) is 5.82 Å². The van der Waals surface area contributed by atoms with E-state index in [9.17, 15) is 9.50 Å². The molecule has 0 aliphatic heterocycles. The lowest BCUT2D eigenvalue weighted by Crippen LogP contribution is -2.02. The molecule has 2 aromatic rings. The number of aliphatic hydroxyl groups is 1. The summed E-state index contributed by atoms with van der Waals surface area (Å²) in [7, 11) is 0. The average molecular weight is 244 g/mol. The van der Waals surface area contributed by atoms with Crippen LogP contribution in [0.4, 0.5) is 4.39 Å². The highest BCUT2D eigenvalue weighted by molar-refractivity contribution is 5.26. The largest absolute Gasteiger partial charge is 0.388 e. The molecule has 0 spiro atoms. The molecule has 0 fully saturated rings. The molecule has 0 aliphatic rings. The number of rotatable bonds is 4. The molecule has 0 bridgehead atoms. The molecule has 18 heavy (non-hydrogen) atoms. The van der Waals surface area contributed by atoms with E-state index in [0.717, 1.165) is 12.0 Å². The Balaban J connectivity index is 2.08. The molecule has 2 aromatic carbocycles. The minimum Gasteiger partial charge on any atom is -0.388 e. The summed E-state index contributed by atoms with van der Waals surface area (Å²) >= 11 is 0. The number of hydrogen-bond acceptors (Lipinski definition) is 1. The number of aliphatic hydroxyl groups excluding tert-OH is 1. The van der Waals surface area contributed by atoms with Crippen LogP contribution >= 0.6 is 0 Å². The standard InChI is InChI=1S/C16H17FO/c1-2-12-6-8-13(9-7-12)10-16(18)14-4-3-5-15(17)11-14/h3-9,11,16,18H,2,10H2,1H3. The summed E-state index contributed by atoms with van der Waals surface area (Å²) in [6.07, 6.45) is 0.855. The zero-order chi connectivity index (χ0) is 13.0. The van der Waals surface area contributed by atoms with Crippen molar-refractivity contribution in [3.63, 3.8) is 0 Å². The first-order chi connectivity index (χ1) is 8.69. The Morgan fingerprint density at radius 3 is 2.33 bits per heavy atom. The zero-order valence-electron chi connectivity index (χ0n) is 10.4. The highest BCUT2D eigenvalue weighted by atomic mass is 19.1. The SMILES string of the molecule is CCc1ccc(CC(O)c2cccc(F)c2)cc1. The van der Waals surface area contributed by atoms with Crippen molar-refractivity contribution in [2.75, 3.05) is 0 Å². The molecule has 0 amide bonds. The van der Waals surface area contributed by atoms with Crippen LogP contribution in [0.25, 0.3) is 0 Å². The van der Waals surface area contributed by atoms with Crippen LogP contribution in [-0.4, -0.2) is 5.11 Å². The van der Waals surface area contributed by atoms with Crippen LogP contribution in [0, 0.1) is 5.82 Å². The normalized spacial score (nSPS) is 12.4. The quantitative estimate of drug-likeness (QED) is 0.870. The second-order valence-corrected chi connectivity index (χ2v) is 4.44. The van der Waals surface area contributed by atoms with Gasteiger partial charge in [-0.25, -0.2) is 4.39 Å². The molecule has 0 aliphatic carbocycles. The summed E-state index contributed by atoms with van der Waals surface area (Å²) in [5, 5.41) is 10.1. The van der Waals surface area contributed by atoms with Crippen molar-refractivity contribution in [3.05, 3.63) is 71.0 Å². The second-order valence-electron chi connectivity index (χ2n) is 4.44. The van der Waals surface area contributed by atoms with Crippen molar-refractivity contribution >= 4 is 0 Å². The number of halogens is 1. The first-order valence-electron chi connectivity index (χ1n) is 6.20. The first kappa shape index (κ1) is 12.8. The van der Waals surface area contributed by atoms with Crippen LogP contribution in [0.3, 0.4) is 0 Å². The molecule has 1 unspecified atom stereocenters. The summed E-state index contributed by atoms with van der Waals surface area (Å²) in [5.41, 5.74) is 2.96. The predicted molar refractivity (Wildman–Crippen MR) is 70.9 cm³/mol. The van der Waals surface area contributed by atoms with Gasteiger partial charge in [0, 0.05) is 6.42 Å². The van der Waals surface area contributed by atoms with E-state index in [0.29, 0.717) is 12.0 Å². The van der Waals surface area contributed by atoms with E-state index >= 15 is 0 Å². The molecule has 2 rings (SSSR count). The number of aryl methyl sites for hydroxylation is 1. The van der Waals surface area contributed by atoms with E-state index in [1.807, 2.05) is 12.1 Å². The molecular weight excluding hydrogens is 227 g/mol. The Hall–Kier alpha value is -1.67. The third-order valence-electron chi connectivity index (χ3n) is 3.09. The average Bonchev–Trinajstić information content (AvgIpc) is 2.39. The highest BCUT2D eigenvalue weighted by Crippen LogP contribution is 2.19. The van der Waals surface area contributed by atoms with Crippen molar-refractivity contribution in [2.24, 2.45) is 0 Å². The summed E-state index contributed by atoms with van der Waals surface area (Å²) in [5.74, 6) is -0.312. The molecule has 1 N–H and O–H groups in total. The second kappa shape index (κ2) is 5.78. The van der Waals surface area contributed by atoms with Gasteiger partial charge in [-0.3, -0.25) is 0 Å². The number of benzene rings is 2. The summed E-state index contributed by atoms with van der Waals surface area (Å²) in [6.45, 7) is 2.11. The van der Waals surface area contributed by atoms with Crippen molar-refractivity contribution in [1.82, 2.24) is 0 Å². The van der Waals surface area contributed by atoms with Gasteiger partial charge in [0.1, 0.15) is 5.82 Å². The third-order valence-corrected chi connectivity index (χ3v) is 3.09. The van der Waals surface area contributed by atoms with Gasteiger partial charge in [-0.1, -0.05) is 43.3 Å². The molecule has 0 radical (unpaired) electrons. The van der Waals surface area contributed by atoms with Gasteiger partial charge in [0.05, 0.1) is 6.10 Å². The van der Waals surface area contributed by atoms with Crippen molar-refractivity contribution in [3.8, 4) is 0 Å². The summed E-state index contributed by atoms with van der Waals surface area (Å²) in [4.78, 5) is 0. The van der Waals surface area contributed by atoms with E-state index in [1.165, 1.54) is 17.7 Å². The number of hydrogen-bond donors (Lipinski definition) is 1. The van der Waals surface area contributed by atoms with Crippen LogP contribution < -0.4 is 0 Å². The van der Waals surface area contributed by atoms with Crippen LogP contribution in [0.1, 0.15) is 29.7 Å². The molecule has 0 saturated heterocycles. The topological polar surface area (TPSA) is 20.2 Å². The molecule has 0 aromatic heterocycles. The van der Waals surface area contributed by atoms with Gasteiger partial charge in [0.25, 0.3) is 0 Å². The van der Waals surface area contributed by atoms with Crippen LogP contribution in [0.2, 0.25) is 0 Å². The van der Waals surface area contributed by atoms with E-state index in [2.05, 4.69) is 19.1 Å². The molecule has 1 nitrogen and oxygen atoms in total. The van der Waals surface area contributed by atoms with Gasteiger partial charge in [-0.05, 0) is 35.2 Å². The Morgan fingerprint density at radius 2 is 1.72 bits per heavy atom. The van der Waals surface area contributed by atoms with Gasteiger partial charge >= 0.3 is 0 Å². The van der Waals surface area contributed by atoms with Gasteiger partial charge in [-0.15, -0.1) is 0 Å². The monoisotopic (exact) mass is 244 g/mol. The Kier molecular flexibility index (Phi) is 4.11. The summed E-state index contributed by atoms with van der Waals surface area (Å²) in [6, 6.07) is 14.3. The molecule has 0 saturated carbocycles. The lowest BCUT2D eigenvalue weighted by atomic mass is 10.00. The van der Waals surface area contributed by atoms with E-state index in [1.54, 1.807) is 12.1 Å². The van der Waals surface area contributed by atoms with Gasteiger partial charge in [0.15, 0.2) is 0 Å². The lowest BCUT2D eigenvalue weighted by Gasteiger charge is -2.11. The zero-order valence-corrected chi connectivity index (χ0v) is 10.4. The van der Waals surface area contributed by atoms with Crippen molar-refractivity contribution < 1.29 is 9.50 Å². The first-order valence-corrected chi connectivity index (χ1v) is 6.20. The Bertz CT molecular complexity index is 505. The maximum atomic E-state index is 13.1. The predicted octanol–water partition coefficient (Wildman–Crippen LogP) is 3.66. The fourth-order valence-electron chi connectivity index (χ4n) is 1.97. The molecule has 1 atom stereocenters. The van der Waals surface area contributed by atoms with Gasteiger partial charge in [0.2, 0.25) is 0 Å². The fourth-order valence-corrected chi connectivity index (χ4v) is 1.97. The van der Waals surface area contributed by atoms with E-state index < -0.39 is 6.10 Å². The maximum Gasteiger partial charge on any atom is 0.123 e. The maximum absolute atomic E-state index is 13.1. The lowest BCUT2D eigenvalue weighted by molar-refractivity contribution is 0.178. The van der Waals surface area contributed by atoms with Crippen molar-refractivity contribution in [2.45, 2.75) is 25.9 Å². The smallest absolute Gasteiger partial charge is 0.123 e. The van der Waals surface area contributed by atoms with Crippen molar-refractivity contribution in [1.29, 1.82) is 0 Å². The Labute approximate surface area is 107 Å². The molecule has 2 heteroatoms. The molecule has 94 valence electrons. The third kappa shape index (κ3) is 3.17. The van der Waals surface area contributed by atoms with Crippen LogP contribution in [0.15, 0.2) is 48.5 Å². The van der Waals surface area contributed by atoms with Gasteiger partial charge in [-0.2, -0.15) is 0 Å². The molecular formula is C16H17FO. The minimum absolute atomic E-state index is 0.312. The fraction of sp³-hybridized carbons (Fsp3) is 0.250. The highest BCUT2D eigenvalue weighted by Gasteiger charge is 2.09. The Morgan fingerprint density at radius 1 is 1.06 bits per heavy atom. The van der Waals surface area contributed by atoms with E-state index in [4.69, 9.17) is 0 Å². The molecule has 0 heterocycles. The van der Waals surface area contributed by atoms with Crippen LogP contribution in [-0.2, 0) is 12.8 Å². The van der Waals surface area contributed by atoms with Gasteiger partial charge < -0.3 is 5.11 Å².